The molecule has 176 valence electrons. The SMILES string of the molecule is O=C(COC1CCC(Cl)C(F)C1)NC12CC(C(=O)NCC3C(F)CC(Cl)CC3F)(C1)C2. The summed E-state index contributed by atoms with van der Waals surface area (Å²) in [6.07, 6.45) is -1.09. The minimum Gasteiger partial charge on any atom is -0.368 e. The highest BCUT2D eigenvalue weighted by Gasteiger charge is 2.72. The molecule has 0 aromatic rings. The minimum atomic E-state index is -1.36. The van der Waals surface area contributed by atoms with Crippen molar-refractivity contribution in [1.82, 2.24) is 10.6 Å². The number of carbonyl (C=O) groups is 2. The fourth-order valence-electron chi connectivity index (χ4n) is 5.70. The van der Waals surface area contributed by atoms with Gasteiger partial charge < -0.3 is 15.4 Å². The summed E-state index contributed by atoms with van der Waals surface area (Å²) in [7, 11) is 0. The molecule has 5 nitrogen and oxygen atoms in total. The standard InChI is InChI=1S/C21H29Cl2F3N2O3/c22-11-3-15(24)13(16(25)4-11)6-27-19(30)20-8-21(9-20,10-20)28-18(29)7-31-12-1-2-14(23)17(26)5-12/h11-17H,1-10H2,(H,27,30)(H,28,29). The van der Waals surface area contributed by atoms with Crippen LogP contribution in [-0.2, 0) is 14.3 Å². The van der Waals surface area contributed by atoms with Gasteiger partial charge in [0.05, 0.1) is 16.9 Å². The zero-order valence-electron chi connectivity index (χ0n) is 17.2. The summed E-state index contributed by atoms with van der Waals surface area (Å²) in [5, 5.41) is 4.64. The molecule has 0 spiro atoms. The number of rotatable bonds is 7. The highest BCUT2D eigenvalue weighted by atomic mass is 35.5. The largest absolute Gasteiger partial charge is 0.368 e. The number of carbonyl (C=O) groups excluding carboxylic acids is 2. The van der Waals surface area contributed by atoms with Gasteiger partial charge in [-0.05, 0) is 44.9 Å². The topological polar surface area (TPSA) is 67.4 Å². The Balaban J connectivity index is 1.16. The maximum Gasteiger partial charge on any atom is 0.246 e. The number of ether oxygens (including phenoxy) is 1. The Morgan fingerprint density at radius 3 is 2.23 bits per heavy atom. The Bertz CT molecular complexity index is 684. The van der Waals surface area contributed by atoms with Crippen LogP contribution < -0.4 is 10.6 Å². The molecule has 0 saturated heterocycles. The van der Waals surface area contributed by atoms with Crippen molar-refractivity contribution in [3.8, 4) is 0 Å². The zero-order chi connectivity index (χ0) is 22.4. The normalized spacial score (nSPS) is 46.4. The fraction of sp³-hybridized carbons (Fsp3) is 0.905. The average molecular weight is 485 g/mol. The highest BCUT2D eigenvalue weighted by Crippen LogP contribution is 2.67. The van der Waals surface area contributed by atoms with Gasteiger partial charge in [0.2, 0.25) is 11.8 Å². The van der Waals surface area contributed by atoms with Crippen molar-refractivity contribution in [3.63, 3.8) is 0 Å². The lowest BCUT2D eigenvalue weighted by Crippen LogP contribution is -2.78. The minimum absolute atomic E-state index is 0.0418. The molecule has 2 bridgehead atoms. The predicted octanol–water partition coefficient (Wildman–Crippen LogP) is 3.35. The van der Waals surface area contributed by atoms with Crippen LogP contribution in [0.1, 0.15) is 51.4 Å². The van der Waals surface area contributed by atoms with Gasteiger partial charge in [-0.1, -0.05) is 0 Å². The molecule has 0 aromatic heterocycles. The van der Waals surface area contributed by atoms with E-state index in [0.717, 1.165) is 0 Å². The van der Waals surface area contributed by atoms with Gasteiger partial charge in [0.1, 0.15) is 25.1 Å². The van der Waals surface area contributed by atoms with Gasteiger partial charge in [-0.25, -0.2) is 13.2 Å². The van der Waals surface area contributed by atoms with Crippen LogP contribution in [0.2, 0.25) is 0 Å². The average Bonchev–Trinajstić information content (AvgIpc) is 2.63. The molecule has 0 heterocycles. The van der Waals surface area contributed by atoms with Gasteiger partial charge in [-0.3, -0.25) is 9.59 Å². The van der Waals surface area contributed by atoms with Crippen LogP contribution >= 0.6 is 23.2 Å². The second-order valence-corrected chi connectivity index (χ2v) is 11.1. The Morgan fingerprint density at radius 2 is 1.61 bits per heavy atom. The molecule has 2 amide bonds. The lowest BCUT2D eigenvalue weighted by Gasteiger charge is -2.69. The molecule has 0 aromatic carbocycles. The molecule has 31 heavy (non-hydrogen) atoms. The summed E-state index contributed by atoms with van der Waals surface area (Å²) < 4.78 is 47.4. The maximum absolute atomic E-state index is 14.1. The first-order valence-electron chi connectivity index (χ1n) is 11.0. The van der Waals surface area contributed by atoms with E-state index in [1.165, 1.54) is 0 Å². The highest BCUT2D eigenvalue weighted by molar-refractivity contribution is 6.21. The molecule has 5 saturated carbocycles. The van der Waals surface area contributed by atoms with Gasteiger partial charge >= 0.3 is 0 Å². The summed E-state index contributed by atoms with van der Waals surface area (Å²) in [6.45, 7) is -0.190. The molecule has 5 aliphatic carbocycles. The van der Waals surface area contributed by atoms with Crippen LogP contribution in [0.3, 0.4) is 0 Å². The monoisotopic (exact) mass is 484 g/mol. The molecular weight excluding hydrogens is 456 g/mol. The van der Waals surface area contributed by atoms with E-state index in [1.54, 1.807) is 0 Å². The van der Waals surface area contributed by atoms with E-state index in [9.17, 15) is 22.8 Å². The number of alkyl halides is 5. The second-order valence-electron chi connectivity index (χ2n) is 9.89. The van der Waals surface area contributed by atoms with Gasteiger partial charge in [-0.15, -0.1) is 23.2 Å². The third-order valence-corrected chi connectivity index (χ3v) is 8.25. The summed E-state index contributed by atoms with van der Waals surface area (Å²) in [5.41, 5.74) is -0.967. The van der Waals surface area contributed by atoms with Crippen molar-refractivity contribution in [1.29, 1.82) is 0 Å². The molecule has 10 heteroatoms. The van der Waals surface area contributed by atoms with Crippen molar-refractivity contribution < 1.29 is 27.5 Å². The molecule has 0 radical (unpaired) electrons. The quantitative estimate of drug-likeness (QED) is 0.544. The number of halogens is 5. The van der Waals surface area contributed by atoms with Crippen molar-refractivity contribution in [2.45, 2.75) is 92.3 Å². The first-order chi connectivity index (χ1) is 14.6. The third-order valence-electron chi connectivity index (χ3n) is 7.40. The Kier molecular flexibility index (Phi) is 6.73. The Hall–Kier alpha value is -0.730. The molecule has 5 rings (SSSR count). The lowest BCUT2D eigenvalue weighted by atomic mass is 9.39. The van der Waals surface area contributed by atoms with Crippen LogP contribution in [0, 0.1) is 11.3 Å². The third kappa shape index (κ3) is 4.81. The van der Waals surface area contributed by atoms with Gasteiger partial charge in [0.25, 0.3) is 0 Å². The molecule has 5 atom stereocenters. The van der Waals surface area contributed by atoms with E-state index in [4.69, 9.17) is 27.9 Å². The van der Waals surface area contributed by atoms with Gasteiger partial charge in [0, 0.05) is 29.8 Å². The van der Waals surface area contributed by atoms with E-state index in [0.29, 0.717) is 32.1 Å². The van der Waals surface area contributed by atoms with E-state index >= 15 is 0 Å². The van der Waals surface area contributed by atoms with Crippen molar-refractivity contribution in [2.24, 2.45) is 11.3 Å². The number of nitrogens with one attached hydrogen (secondary N) is 2. The Morgan fingerprint density at radius 1 is 0.968 bits per heavy atom. The van der Waals surface area contributed by atoms with Crippen molar-refractivity contribution >= 4 is 35.0 Å². The molecule has 2 N–H and O–H groups in total. The molecule has 0 aliphatic heterocycles. The van der Waals surface area contributed by atoms with Crippen LogP contribution in [0.15, 0.2) is 0 Å². The van der Waals surface area contributed by atoms with E-state index in [2.05, 4.69) is 10.6 Å². The van der Waals surface area contributed by atoms with E-state index in [-0.39, 0.29) is 50.3 Å². The fourth-order valence-corrected chi connectivity index (χ4v) is 6.26. The first kappa shape index (κ1) is 23.4. The number of hydrogen-bond donors (Lipinski definition) is 2. The summed E-state index contributed by atoms with van der Waals surface area (Å²) in [4.78, 5) is 24.8. The van der Waals surface area contributed by atoms with Crippen LogP contribution in [0.4, 0.5) is 13.2 Å². The molecular formula is C21H29Cl2F3N2O3. The maximum atomic E-state index is 14.1. The van der Waals surface area contributed by atoms with Crippen LogP contribution in [-0.4, -0.2) is 65.9 Å². The van der Waals surface area contributed by atoms with Gasteiger partial charge in [-0.2, -0.15) is 0 Å². The predicted molar refractivity (Wildman–Crippen MR) is 110 cm³/mol. The number of amides is 2. The first-order valence-corrected chi connectivity index (χ1v) is 11.9. The van der Waals surface area contributed by atoms with Crippen molar-refractivity contribution in [3.05, 3.63) is 0 Å². The molecule has 5 fully saturated rings. The summed E-state index contributed by atoms with van der Waals surface area (Å²) in [5.74, 6) is -1.36. The Labute approximate surface area is 190 Å². The molecule has 5 unspecified atom stereocenters. The summed E-state index contributed by atoms with van der Waals surface area (Å²) in [6, 6.07) is 0. The second kappa shape index (κ2) is 8.90. The van der Waals surface area contributed by atoms with Crippen LogP contribution in [0.25, 0.3) is 0 Å². The number of hydrogen-bond acceptors (Lipinski definition) is 3. The molecule has 5 aliphatic rings. The van der Waals surface area contributed by atoms with Crippen molar-refractivity contribution in [2.75, 3.05) is 13.2 Å². The zero-order valence-corrected chi connectivity index (χ0v) is 18.7. The van der Waals surface area contributed by atoms with Gasteiger partial charge in [0.15, 0.2) is 0 Å². The summed E-state index contributed by atoms with van der Waals surface area (Å²) >= 11 is 11.7. The smallest absolute Gasteiger partial charge is 0.246 e. The lowest BCUT2D eigenvalue weighted by molar-refractivity contribution is -0.185. The van der Waals surface area contributed by atoms with E-state index in [1.807, 2.05) is 0 Å². The van der Waals surface area contributed by atoms with E-state index < -0.39 is 46.1 Å². The van der Waals surface area contributed by atoms with Crippen LogP contribution in [0.5, 0.6) is 0 Å².